The molecule has 0 aliphatic carbocycles. The number of hydrogen-bond acceptors (Lipinski definition) is 5. The first-order valence-corrected chi connectivity index (χ1v) is 6.69. The quantitative estimate of drug-likeness (QED) is 0.850. The minimum atomic E-state index is -1.17. The van der Waals surface area contributed by atoms with E-state index in [9.17, 15) is 13.6 Å². The zero-order valence-electron chi connectivity index (χ0n) is 12.5. The second-order valence-corrected chi connectivity index (χ2v) is 5.41. The third kappa shape index (κ3) is 4.87. The van der Waals surface area contributed by atoms with E-state index in [1.165, 1.54) is 6.20 Å². The second kappa shape index (κ2) is 6.55. The Kier molecular flexibility index (Phi) is 4.73. The molecule has 0 unspecified atom stereocenters. The van der Waals surface area contributed by atoms with Gasteiger partial charge in [-0.1, -0.05) is 0 Å². The van der Waals surface area contributed by atoms with Gasteiger partial charge in [-0.3, -0.25) is 0 Å². The molecular weight excluding hydrogens is 308 g/mol. The molecule has 0 radical (unpaired) electrons. The zero-order chi connectivity index (χ0) is 17.0. The van der Waals surface area contributed by atoms with Gasteiger partial charge >= 0.3 is 5.97 Å². The Morgan fingerprint density at radius 2 is 1.87 bits per heavy atom. The number of anilines is 1. The normalized spacial score (nSPS) is 11.1. The zero-order valence-corrected chi connectivity index (χ0v) is 12.5. The summed E-state index contributed by atoms with van der Waals surface area (Å²) in [6.07, 6.45) is 2.40. The van der Waals surface area contributed by atoms with Crippen LogP contribution in [0.15, 0.2) is 30.6 Å². The van der Waals surface area contributed by atoms with E-state index in [1.54, 1.807) is 13.8 Å². The van der Waals surface area contributed by atoms with E-state index in [1.807, 2.05) is 0 Å². The maximum absolute atomic E-state index is 13.2. The van der Waals surface area contributed by atoms with Crippen LogP contribution in [0.25, 0.3) is 0 Å². The summed E-state index contributed by atoms with van der Waals surface area (Å²) in [7, 11) is 0. The molecular formula is C15H15F2N3O3. The molecule has 122 valence electrons. The Labute approximate surface area is 131 Å². The number of hydrogen-bond donors (Lipinski definition) is 2. The fourth-order valence-electron chi connectivity index (χ4n) is 1.78. The summed E-state index contributed by atoms with van der Waals surface area (Å²) in [6, 6.07) is 2.94. The van der Waals surface area contributed by atoms with Crippen LogP contribution in [0.5, 0.6) is 5.75 Å². The lowest BCUT2D eigenvalue weighted by atomic mass is 10.1. The molecule has 0 saturated heterocycles. The van der Waals surface area contributed by atoms with Crippen LogP contribution in [0, 0.1) is 11.6 Å². The maximum Gasteiger partial charge on any atom is 0.356 e. The van der Waals surface area contributed by atoms with E-state index in [4.69, 9.17) is 9.84 Å². The number of carbonyl (C=O) groups is 1. The third-order valence-electron chi connectivity index (χ3n) is 2.80. The molecule has 2 N–H and O–H groups in total. The van der Waals surface area contributed by atoms with Gasteiger partial charge in [0.15, 0.2) is 5.69 Å². The van der Waals surface area contributed by atoms with Crippen molar-refractivity contribution in [3.8, 4) is 5.75 Å². The number of nitrogens with zero attached hydrogens (tertiary/aromatic N) is 2. The van der Waals surface area contributed by atoms with Crippen molar-refractivity contribution in [1.29, 1.82) is 0 Å². The first kappa shape index (κ1) is 16.6. The maximum atomic E-state index is 13.2. The molecule has 23 heavy (non-hydrogen) atoms. The van der Waals surface area contributed by atoms with Gasteiger partial charge in [-0.15, -0.1) is 0 Å². The summed E-state index contributed by atoms with van der Waals surface area (Å²) in [5.41, 5.74) is -0.964. The van der Waals surface area contributed by atoms with Crippen LogP contribution in [0.1, 0.15) is 24.3 Å². The number of halogens is 2. The minimum Gasteiger partial charge on any atom is -0.486 e. The van der Waals surface area contributed by atoms with Crippen LogP contribution in [-0.2, 0) is 0 Å². The van der Waals surface area contributed by atoms with Crippen LogP contribution in [0.4, 0.5) is 14.6 Å². The lowest BCUT2D eigenvalue weighted by Crippen LogP contribution is -2.36. The monoisotopic (exact) mass is 323 g/mol. The first-order valence-electron chi connectivity index (χ1n) is 6.69. The molecule has 8 heteroatoms. The highest BCUT2D eigenvalue weighted by Crippen LogP contribution is 2.21. The van der Waals surface area contributed by atoms with Gasteiger partial charge in [0, 0.05) is 18.2 Å². The fraction of sp³-hybridized carbons (Fsp3) is 0.267. The lowest BCUT2D eigenvalue weighted by Gasteiger charge is -2.27. The predicted molar refractivity (Wildman–Crippen MR) is 78.5 cm³/mol. The number of carboxylic acid groups (broad SMARTS) is 1. The number of rotatable bonds is 6. The van der Waals surface area contributed by atoms with Crippen molar-refractivity contribution < 1.29 is 23.4 Å². The number of aromatic carboxylic acids is 1. The van der Waals surface area contributed by atoms with Crippen molar-refractivity contribution in [2.24, 2.45) is 0 Å². The number of carboxylic acids is 1. The van der Waals surface area contributed by atoms with Gasteiger partial charge in [0.05, 0.1) is 18.9 Å². The van der Waals surface area contributed by atoms with Crippen LogP contribution < -0.4 is 10.1 Å². The Morgan fingerprint density at radius 3 is 2.39 bits per heavy atom. The predicted octanol–water partition coefficient (Wildman–Crippen LogP) is 2.72. The smallest absolute Gasteiger partial charge is 0.356 e. The molecule has 6 nitrogen and oxygen atoms in total. The summed E-state index contributed by atoms with van der Waals surface area (Å²) in [4.78, 5) is 18.3. The lowest BCUT2D eigenvalue weighted by molar-refractivity contribution is 0.0690. The Balaban J connectivity index is 1.99. The second-order valence-electron chi connectivity index (χ2n) is 5.41. The van der Waals surface area contributed by atoms with Crippen molar-refractivity contribution in [3.05, 3.63) is 47.9 Å². The van der Waals surface area contributed by atoms with E-state index in [2.05, 4.69) is 15.3 Å². The molecule has 0 spiro atoms. The Bertz CT molecular complexity index is 685. The number of nitrogens with one attached hydrogen (secondary N) is 1. The van der Waals surface area contributed by atoms with Crippen molar-refractivity contribution >= 4 is 11.8 Å². The van der Waals surface area contributed by atoms with Crippen LogP contribution >= 0.6 is 0 Å². The molecule has 0 aliphatic heterocycles. The van der Waals surface area contributed by atoms with Crippen LogP contribution in [0.3, 0.4) is 0 Å². The molecule has 0 amide bonds. The van der Waals surface area contributed by atoms with Crippen molar-refractivity contribution in [2.75, 3.05) is 11.9 Å². The van der Waals surface area contributed by atoms with E-state index in [0.29, 0.717) is 5.82 Å². The van der Waals surface area contributed by atoms with Gasteiger partial charge in [0.1, 0.15) is 28.8 Å². The molecule has 0 atom stereocenters. The summed E-state index contributed by atoms with van der Waals surface area (Å²) in [6.45, 7) is 3.70. The third-order valence-corrected chi connectivity index (χ3v) is 2.80. The SMILES string of the molecule is CC(C)(CNc1cnc(C(=O)O)cn1)Oc1cc(F)cc(F)c1. The van der Waals surface area contributed by atoms with E-state index < -0.39 is 23.2 Å². The molecule has 2 rings (SSSR count). The summed E-state index contributed by atoms with van der Waals surface area (Å²) in [5.74, 6) is -2.18. The van der Waals surface area contributed by atoms with Crippen molar-refractivity contribution in [2.45, 2.75) is 19.4 Å². The highest BCUT2D eigenvalue weighted by molar-refractivity contribution is 5.84. The van der Waals surface area contributed by atoms with Gasteiger partial charge in [0.25, 0.3) is 0 Å². The highest BCUT2D eigenvalue weighted by atomic mass is 19.1. The van der Waals surface area contributed by atoms with E-state index in [-0.39, 0.29) is 18.0 Å². The highest BCUT2D eigenvalue weighted by Gasteiger charge is 2.21. The summed E-state index contributed by atoms with van der Waals surface area (Å²) in [5, 5.41) is 11.7. The molecule has 1 heterocycles. The topological polar surface area (TPSA) is 84.3 Å². The van der Waals surface area contributed by atoms with E-state index in [0.717, 1.165) is 24.4 Å². The first-order chi connectivity index (χ1) is 10.7. The van der Waals surface area contributed by atoms with Crippen molar-refractivity contribution in [3.63, 3.8) is 0 Å². The minimum absolute atomic E-state index is 0.0709. The fourth-order valence-corrected chi connectivity index (χ4v) is 1.78. The standard InChI is InChI=1S/C15H15F2N3O3/c1-15(2,23-11-4-9(16)3-10(17)5-11)8-20-13-7-18-12(6-19-13)14(21)22/h3-7H,8H2,1-2H3,(H,19,20)(H,21,22). The Hall–Kier alpha value is -2.77. The van der Waals surface area contributed by atoms with Crippen LogP contribution in [0.2, 0.25) is 0 Å². The molecule has 1 aromatic carbocycles. The molecule has 2 aromatic rings. The number of benzene rings is 1. The van der Waals surface area contributed by atoms with Gasteiger partial charge in [-0.05, 0) is 13.8 Å². The summed E-state index contributed by atoms with van der Waals surface area (Å²) >= 11 is 0. The van der Waals surface area contributed by atoms with Gasteiger partial charge < -0.3 is 15.2 Å². The number of aromatic nitrogens is 2. The average molecular weight is 323 g/mol. The van der Waals surface area contributed by atoms with Gasteiger partial charge in [-0.2, -0.15) is 0 Å². The van der Waals surface area contributed by atoms with Crippen molar-refractivity contribution in [1.82, 2.24) is 9.97 Å². The summed E-state index contributed by atoms with van der Waals surface area (Å²) < 4.78 is 31.9. The van der Waals surface area contributed by atoms with Gasteiger partial charge in [0.2, 0.25) is 0 Å². The molecule has 0 bridgehead atoms. The van der Waals surface area contributed by atoms with Crippen LogP contribution in [-0.4, -0.2) is 33.2 Å². The number of ether oxygens (including phenoxy) is 1. The molecule has 0 saturated carbocycles. The van der Waals surface area contributed by atoms with Gasteiger partial charge in [-0.25, -0.2) is 23.5 Å². The molecule has 0 fully saturated rings. The molecule has 1 aromatic heterocycles. The largest absolute Gasteiger partial charge is 0.486 e. The average Bonchev–Trinajstić information content (AvgIpc) is 2.44. The Morgan fingerprint density at radius 1 is 1.22 bits per heavy atom. The molecule has 0 aliphatic rings. The van der Waals surface area contributed by atoms with E-state index >= 15 is 0 Å².